The minimum Gasteiger partial charge on any atom is -0.494 e. The van der Waals surface area contributed by atoms with Crippen LogP contribution in [0.5, 0.6) is 5.75 Å². The molecule has 2 aromatic carbocycles. The van der Waals surface area contributed by atoms with Gasteiger partial charge in [-0.1, -0.05) is 48.8 Å². The Bertz CT molecular complexity index is 1050. The summed E-state index contributed by atoms with van der Waals surface area (Å²) in [5.41, 5.74) is 1.73. The fraction of sp³-hybridized carbons (Fsp3) is 0.273. The molecular formula is C22H22ClN3O2S2. The van der Waals surface area contributed by atoms with Gasteiger partial charge in [0.25, 0.3) is 5.91 Å². The summed E-state index contributed by atoms with van der Waals surface area (Å²) in [5, 5.41) is 2.17. The molecule has 156 valence electrons. The van der Waals surface area contributed by atoms with E-state index in [4.69, 9.17) is 21.3 Å². The van der Waals surface area contributed by atoms with E-state index in [-0.39, 0.29) is 5.91 Å². The van der Waals surface area contributed by atoms with Gasteiger partial charge in [-0.3, -0.25) is 9.69 Å². The van der Waals surface area contributed by atoms with Crippen molar-refractivity contribution in [3.8, 4) is 5.75 Å². The number of anilines is 1. The van der Waals surface area contributed by atoms with Crippen molar-refractivity contribution in [2.45, 2.75) is 24.7 Å². The summed E-state index contributed by atoms with van der Waals surface area (Å²) in [7, 11) is 3.60. The first-order valence-electron chi connectivity index (χ1n) is 9.70. The zero-order valence-electron chi connectivity index (χ0n) is 17.0. The number of unbranched alkanes of at least 4 members (excludes halogenated alkanes) is 1. The van der Waals surface area contributed by atoms with Gasteiger partial charge in [0.1, 0.15) is 16.3 Å². The minimum absolute atomic E-state index is 0.00430. The molecule has 1 amide bonds. The maximum absolute atomic E-state index is 13.4. The fourth-order valence-electron chi connectivity index (χ4n) is 3.29. The maximum Gasteiger partial charge on any atom is 0.269 e. The van der Waals surface area contributed by atoms with Gasteiger partial charge in [-0.05, 0) is 48.5 Å². The summed E-state index contributed by atoms with van der Waals surface area (Å²) in [5.74, 6) is 0.617. The number of halogens is 1. The number of hydrogen-bond donors (Lipinski definition) is 0. The summed E-state index contributed by atoms with van der Waals surface area (Å²) in [6, 6.07) is 13.5. The van der Waals surface area contributed by atoms with Gasteiger partial charge in [0.2, 0.25) is 0 Å². The molecule has 2 aliphatic rings. The number of aliphatic imine (C=N–C) groups is 1. The van der Waals surface area contributed by atoms with Crippen molar-refractivity contribution < 1.29 is 9.53 Å². The molecule has 2 aliphatic heterocycles. The number of ether oxygens (including phenoxy) is 1. The average Bonchev–Trinajstić information content (AvgIpc) is 3.23. The van der Waals surface area contributed by atoms with Gasteiger partial charge in [0, 0.05) is 23.5 Å². The number of amides is 1. The third-order valence-electron chi connectivity index (χ3n) is 4.89. The van der Waals surface area contributed by atoms with Crippen molar-refractivity contribution in [2.24, 2.45) is 4.99 Å². The Morgan fingerprint density at radius 2 is 1.97 bits per heavy atom. The molecule has 8 heteroatoms. The van der Waals surface area contributed by atoms with E-state index in [1.807, 2.05) is 19.2 Å². The van der Waals surface area contributed by atoms with Crippen LogP contribution in [-0.4, -0.2) is 36.7 Å². The molecule has 4 rings (SSSR count). The molecule has 1 saturated heterocycles. The molecule has 1 fully saturated rings. The molecule has 0 spiro atoms. The van der Waals surface area contributed by atoms with Gasteiger partial charge in [-0.15, -0.1) is 0 Å². The number of rotatable bonds is 5. The minimum atomic E-state index is -0.00430. The van der Waals surface area contributed by atoms with Crippen LogP contribution in [0.1, 0.15) is 19.8 Å². The monoisotopic (exact) mass is 459 g/mol. The second-order valence-electron chi connectivity index (χ2n) is 6.89. The highest BCUT2D eigenvalue weighted by atomic mass is 35.5. The van der Waals surface area contributed by atoms with Gasteiger partial charge in [-0.25, -0.2) is 4.99 Å². The van der Waals surface area contributed by atoms with Crippen molar-refractivity contribution in [3.05, 3.63) is 57.4 Å². The molecule has 2 aromatic rings. The molecule has 5 nitrogen and oxygen atoms in total. The largest absolute Gasteiger partial charge is 0.494 e. The number of thioether (sulfide) groups is 2. The standard InChI is InChI=1S/C22H22ClN3O2S2/c1-4-5-12-26-20(27)19(21-25(2)16-8-6-7-9-18(16)29-21)30-22(26)24-15-13-14(23)10-11-17(15)28-3/h6-11,13H,4-5,12H2,1-3H3. The number of methoxy groups -OCH3 is 1. The Hall–Kier alpha value is -2.09. The van der Waals surface area contributed by atoms with Crippen LogP contribution >= 0.6 is 35.1 Å². The van der Waals surface area contributed by atoms with Crippen molar-refractivity contribution in [3.63, 3.8) is 0 Å². The molecule has 0 saturated carbocycles. The van der Waals surface area contributed by atoms with Gasteiger partial charge in [0.15, 0.2) is 5.17 Å². The molecule has 0 radical (unpaired) electrons. The predicted molar refractivity (Wildman–Crippen MR) is 127 cm³/mol. The molecular weight excluding hydrogens is 438 g/mol. The number of para-hydroxylation sites is 1. The first kappa shape index (κ1) is 21.2. The molecule has 0 atom stereocenters. The lowest BCUT2D eigenvalue weighted by Gasteiger charge is -2.16. The van der Waals surface area contributed by atoms with E-state index >= 15 is 0 Å². The van der Waals surface area contributed by atoms with E-state index in [0.29, 0.717) is 33.1 Å². The third kappa shape index (κ3) is 3.94. The summed E-state index contributed by atoms with van der Waals surface area (Å²) in [4.78, 5) is 23.9. The van der Waals surface area contributed by atoms with Crippen LogP contribution < -0.4 is 9.64 Å². The van der Waals surface area contributed by atoms with Gasteiger partial charge in [0.05, 0.1) is 17.8 Å². The van der Waals surface area contributed by atoms with Crippen molar-refractivity contribution in [1.29, 1.82) is 0 Å². The third-order valence-corrected chi connectivity index (χ3v) is 7.56. The van der Waals surface area contributed by atoms with E-state index < -0.39 is 0 Å². The second kappa shape index (κ2) is 8.96. The Balaban J connectivity index is 1.75. The van der Waals surface area contributed by atoms with Gasteiger partial charge >= 0.3 is 0 Å². The first-order chi connectivity index (χ1) is 14.5. The summed E-state index contributed by atoms with van der Waals surface area (Å²) < 4.78 is 5.44. The number of carbonyl (C=O) groups is 1. The van der Waals surface area contributed by atoms with Crippen molar-refractivity contribution >= 4 is 57.6 Å². The fourth-order valence-corrected chi connectivity index (χ4v) is 5.81. The lowest BCUT2D eigenvalue weighted by atomic mass is 10.3. The van der Waals surface area contributed by atoms with Crippen molar-refractivity contribution in [1.82, 2.24) is 4.90 Å². The summed E-state index contributed by atoms with van der Waals surface area (Å²) in [6.45, 7) is 2.74. The highest BCUT2D eigenvalue weighted by Crippen LogP contribution is 2.50. The Labute approximate surface area is 190 Å². The number of amidine groups is 1. The van der Waals surface area contributed by atoms with E-state index in [9.17, 15) is 4.79 Å². The number of hydrogen-bond acceptors (Lipinski definition) is 6. The van der Waals surface area contributed by atoms with Crippen LogP contribution in [0.2, 0.25) is 5.02 Å². The molecule has 2 heterocycles. The number of carbonyl (C=O) groups excluding carboxylic acids is 1. The summed E-state index contributed by atoms with van der Waals surface area (Å²) in [6.07, 6.45) is 1.90. The highest BCUT2D eigenvalue weighted by Gasteiger charge is 2.38. The maximum atomic E-state index is 13.4. The average molecular weight is 460 g/mol. The van der Waals surface area contributed by atoms with E-state index in [2.05, 4.69) is 24.0 Å². The smallest absolute Gasteiger partial charge is 0.269 e. The SMILES string of the molecule is CCCCN1C(=O)C(=C2Sc3ccccc3N2C)SC1=Nc1cc(Cl)ccc1OC. The Morgan fingerprint density at radius 3 is 2.70 bits per heavy atom. The highest BCUT2D eigenvalue weighted by molar-refractivity contribution is 8.19. The van der Waals surface area contributed by atoms with Crippen molar-refractivity contribution in [2.75, 3.05) is 25.6 Å². The molecule has 0 unspecified atom stereocenters. The quantitative estimate of drug-likeness (QED) is 0.504. The van der Waals surface area contributed by atoms with Crippen LogP contribution in [0.3, 0.4) is 0 Å². The number of benzene rings is 2. The zero-order chi connectivity index (χ0) is 21.3. The predicted octanol–water partition coefficient (Wildman–Crippen LogP) is 6.12. The van der Waals surface area contributed by atoms with Crippen LogP contribution in [0, 0.1) is 0 Å². The molecule has 0 bridgehead atoms. The Kier molecular flexibility index (Phi) is 6.32. The Morgan fingerprint density at radius 1 is 1.17 bits per heavy atom. The van der Waals surface area contributed by atoms with Crippen LogP contribution in [-0.2, 0) is 4.79 Å². The molecule has 0 aromatic heterocycles. The lowest BCUT2D eigenvalue weighted by Crippen LogP contribution is -2.30. The van der Waals surface area contributed by atoms with E-state index in [0.717, 1.165) is 28.5 Å². The first-order valence-corrected chi connectivity index (χ1v) is 11.7. The number of fused-ring (bicyclic) bond motifs is 1. The summed E-state index contributed by atoms with van der Waals surface area (Å²) >= 11 is 9.22. The topological polar surface area (TPSA) is 45.1 Å². The molecule has 0 aliphatic carbocycles. The van der Waals surface area contributed by atoms with E-state index in [1.165, 1.54) is 11.8 Å². The van der Waals surface area contributed by atoms with Gasteiger partial charge < -0.3 is 9.64 Å². The second-order valence-corrected chi connectivity index (χ2v) is 9.33. The van der Waals surface area contributed by atoms with Gasteiger partial charge in [-0.2, -0.15) is 0 Å². The zero-order valence-corrected chi connectivity index (χ0v) is 19.4. The van der Waals surface area contributed by atoms with Crippen LogP contribution in [0.15, 0.2) is 62.3 Å². The molecule has 0 N–H and O–H groups in total. The normalized spacial score (nSPS) is 19.7. The van der Waals surface area contributed by atoms with Crippen LogP contribution in [0.25, 0.3) is 0 Å². The van der Waals surface area contributed by atoms with E-state index in [1.54, 1.807) is 42.0 Å². The van der Waals surface area contributed by atoms with Crippen LogP contribution in [0.4, 0.5) is 11.4 Å². The molecule has 30 heavy (non-hydrogen) atoms. The number of nitrogens with zero attached hydrogens (tertiary/aromatic N) is 3. The lowest BCUT2D eigenvalue weighted by molar-refractivity contribution is -0.122.